The van der Waals surface area contributed by atoms with Crippen molar-refractivity contribution in [1.82, 2.24) is 14.2 Å². The number of amides is 2. The second-order valence-corrected chi connectivity index (χ2v) is 9.83. The van der Waals surface area contributed by atoms with Crippen molar-refractivity contribution in [2.75, 3.05) is 42.6 Å². The zero-order valence-corrected chi connectivity index (χ0v) is 18.8. The molecule has 0 aliphatic carbocycles. The van der Waals surface area contributed by atoms with Gasteiger partial charge in [0.15, 0.2) is 5.82 Å². The van der Waals surface area contributed by atoms with Gasteiger partial charge in [0.2, 0.25) is 10.0 Å². The number of carbonyl (C=O) groups excluding carboxylic acids is 1. The van der Waals surface area contributed by atoms with Gasteiger partial charge in [-0.05, 0) is 39.0 Å². The van der Waals surface area contributed by atoms with E-state index in [2.05, 4.69) is 15.6 Å². The lowest BCUT2D eigenvalue weighted by molar-refractivity contribution is 0.180. The number of aryl methyl sites for hydroxylation is 2. The van der Waals surface area contributed by atoms with Crippen LogP contribution in [0.15, 0.2) is 30.3 Å². The van der Waals surface area contributed by atoms with Crippen LogP contribution in [0, 0.1) is 19.7 Å². The molecule has 1 aliphatic heterocycles. The van der Waals surface area contributed by atoms with Crippen LogP contribution in [0.3, 0.4) is 0 Å². The molecule has 1 aromatic carbocycles. The van der Waals surface area contributed by atoms with Crippen LogP contribution in [0.2, 0.25) is 0 Å². The molecule has 1 aromatic heterocycles. The van der Waals surface area contributed by atoms with Gasteiger partial charge in [0.05, 0.1) is 11.4 Å². The van der Waals surface area contributed by atoms with Crippen LogP contribution >= 0.6 is 0 Å². The highest BCUT2D eigenvalue weighted by Crippen LogP contribution is 2.21. The molecule has 2 amide bonds. The number of hydrogen-bond donors (Lipinski definition) is 2. The van der Waals surface area contributed by atoms with E-state index in [4.69, 9.17) is 0 Å². The van der Waals surface area contributed by atoms with Gasteiger partial charge in [-0.1, -0.05) is 12.1 Å². The zero-order valence-electron chi connectivity index (χ0n) is 18.0. The number of anilines is 2. The SMILES string of the molecule is CCS(=O)(=O)N1CCN(Cc2cccc(NC(=O)Nc3cc(C)nc(C)c3)c2F)CC1. The Hall–Kier alpha value is -2.56. The maximum absolute atomic E-state index is 15.0. The number of rotatable bonds is 6. The summed E-state index contributed by atoms with van der Waals surface area (Å²) < 4.78 is 40.4. The van der Waals surface area contributed by atoms with Gasteiger partial charge in [-0.3, -0.25) is 9.88 Å². The zero-order chi connectivity index (χ0) is 22.6. The molecule has 1 saturated heterocycles. The van der Waals surface area contributed by atoms with E-state index in [1.807, 2.05) is 18.7 Å². The van der Waals surface area contributed by atoms with Gasteiger partial charge < -0.3 is 10.6 Å². The number of nitrogens with one attached hydrogen (secondary N) is 2. The van der Waals surface area contributed by atoms with Gasteiger partial charge >= 0.3 is 6.03 Å². The van der Waals surface area contributed by atoms with Crippen molar-refractivity contribution in [2.45, 2.75) is 27.3 Å². The third-order valence-electron chi connectivity index (χ3n) is 5.15. The van der Waals surface area contributed by atoms with Crippen LogP contribution < -0.4 is 10.6 Å². The fourth-order valence-electron chi connectivity index (χ4n) is 3.58. The summed E-state index contributed by atoms with van der Waals surface area (Å²) >= 11 is 0. The topological polar surface area (TPSA) is 94.6 Å². The Kier molecular flexibility index (Phi) is 7.24. The number of nitrogens with zero attached hydrogens (tertiary/aromatic N) is 3. The van der Waals surface area contributed by atoms with E-state index in [1.54, 1.807) is 31.2 Å². The molecule has 2 heterocycles. The Bertz CT molecular complexity index is 1030. The molecule has 3 rings (SSSR count). The van der Waals surface area contributed by atoms with Crippen molar-refractivity contribution in [3.05, 3.63) is 53.1 Å². The third kappa shape index (κ3) is 5.99. The summed E-state index contributed by atoms with van der Waals surface area (Å²) in [5, 5.41) is 5.25. The summed E-state index contributed by atoms with van der Waals surface area (Å²) in [6.07, 6.45) is 0. The molecular weight excluding hydrogens is 421 g/mol. The van der Waals surface area contributed by atoms with Crippen LogP contribution in [0.1, 0.15) is 23.9 Å². The highest BCUT2D eigenvalue weighted by molar-refractivity contribution is 7.89. The van der Waals surface area contributed by atoms with Crippen LogP contribution in [0.5, 0.6) is 0 Å². The predicted molar refractivity (Wildman–Crippen MR) is 119 cm³/mol. The van der Waals surface area contributed by atoms with Gasteiger partial charge in [0, 0.05) is 55.4 Å². The Balaban J connectivity index is 1.62. The monoisotopic (exact) mass is 449 g/mol. The molecule has 8 nitrogen and oxygen atoms in total. The lowest BCUT2D eigenvalue weighted by Gasteiger charge is -2.33. The first-order valence-electron chi connectivity index (χ1n) is 10.2. The fourth-order valence-corrected chi connectivity index (χ4v) is 4.66. The second-order valence-electron chi connectivity index (χ2n) is 7.57. The minimum absolute atomic E-state index is 0.0794. The Labute approximate surface area is 182 Å². The average Bonchev–Trinajstić information content (AvgIpc) is 2.70. The molecule has 0 unspecified atom stereocenters. The molecule has 2 aromatic rings. The van der Waals surface area contributed by atoms with Crippen LogP contribution in [-0.4, -0.2) is 60.6 Å². The van der Waals surface area contributed by atoms with Crippen molar-refractivity contribution < 1.29 is 17.6 Å². The number of piperazine rings is 1. The van der Waals surface area contributed by atoms with Gasteiger partial charge in [-0.2, -0.15) is 4.31 Å². The number of urea groups is 1. The molecule has 1 fully saturated rings. The van der Waals surface area contributed by atoms with E-state index < -0.39 is 21.9 Å². The Morgan fingerprint density at radius 2 is 1.74 bits per heavy atom. The predicted octanol–water partition coefficient (Wildman–Crippen LogP) is 2.95. The van der Waals surface area contributed by atoms with Gasteiger partial charge in [0.25, 0.3) is 0 Å². The third-order valence-corrected chi connectivity index (χ3v) is 7.03. The molecule has 31 heavy (non-hydrogen) atoms. The smallest absolute Gasteiger partial charge is 0.308 e. The summed E-state index contributed by atoms with van der Waals surface area (Å²) in [5.41, 5.74) is 2.66. The molecule has 0 atom stereocenters. The van der Waals surface area contributed by atoms with Crippen molar-refractivity contribution in [3.8, 4) is 0 Å². The summed E-state index contributed by atoms with van der Waals surface area (Å²) in [6.45, 7) is 7.46. The van der Waals surface area contributed by atoms with Crippen LogP contribution in [0.4, 0.5) is 20.6 Å². The van der Waals surface area contributed by atoms with E-state index >= 15 is 0 Å². The lowest BCUT2D eigenvalue weighted by atomic mass is 10.1. The molecular formula is C21H28FN5O3S. The molecule has 10 heteroatoms. The maximum Gasteiger partial charge on any atom is 0.323 e. The van der Waals surface area contributed by atoms with E-state index in [0.29, 0.717) is 44.0 Å². The van der Waals surface area contributed by atoms with E-state index in [9.17, 15) is 17.6 Å². The standard InChI is InChI=1S/C21H28FN5O3S/c1-4-31(29,30)27-10-8-26(9-11-27)14-17-6-5-7-19(20(17)22)25-21(28)24-18-12-15(2)23-16(3)13-18/h5-7,12-13H,4,8-11,14H2,1-3H3,(H2,23,24,25,28). The Morgan fingerprint density at radius 3 is 2.35 bits per heavy atom. The van der Waals surface area contributed by atoms with Crippen molar-refractivity contribution in [2.24, 2.45) is 0 Å². The normalized spacial score (nSPS) is 15.6. The van der Waals surface area contributed by atoms with Crippen LogP contribution in [0.25, 0.3) is 0 Å². The number of aromatic nitrogens is 1. The molecule has 0 radical (unpaired) electrons. The Morgan fingerprint density at radius 1 is 1.10 bits per heavy atom. The van der Waals surface area contributed by atoms with Gasteiger partial charge in [-0.25, -0.2) is 17.6 Å². The van der Waals surface area contributed by atoms with E-state index in [-0.39, 0.29) is 11.4 Å². The summed E-state index contributed by atoms with van der Waals surface area (Å²) in [7, 11) is -3.20. The van der Waals surface area contributed by atoms with E-state index in [0.717, 1.165) is 11.4 Å². The summed E-state index contributed by atoms with van der Waals surface area (Å²) in [6, 6.07) is 7.79. The molecule has 2 N–H and O–H groups in total. The first-order valence-corrected chi connectivity index (χ1v) is 11.8. The highest BCUT2D eigenvalue weighted by atomic mass is 32.2. The quantitative estimate of drug-likeness (QED) is 0.707. The van der Waals surface area contributed by atoms with Crippen molar-refractivity contribution in [3.63, 3.8) is 0 Å². The first-order chi connectivity index (χ1) is 14.7. The second kappa shape index (κ2) is 9.71. The van der Waals surface area contributed by atoms with Crippen LogP contribution in [-0.2, 0) is 16.6 Å². The molecule has 0 bridgehead atoms. The largest absolute Gasteiger partial charge is 0.323 e. The number of hydrogen-bond acceptors (Lipinski definition) is 5. The highest BCUT2D eigenvalue weighted by Gasteiger charge is 2.26. The first kappa shape index (κ1) is 23.1. The summed E-state index contributed by atoms with van der Waals surface area (Å²) in [5.74, 6) is -0.417. The molecule has 0 spiro atoms. The minimum Gasteiger partial charge on any atom is -0.308 e. The van der Waals surface area contributed by atoms with Gasteiger partial charge in [-0.15, -0.1) is 0 Å². The maximum atomic E-state index is 15.0. The minimum atomic E-state index is -3.20. The van der Waals surface area contributed by atoms with Crippen molar-refractivity contribution in [1.29, 1.82) is 0 Å². The fraction of sp³-hybridized carbons (Fsp3) is 0.429. The number of sulfonamides is 1. The number of pyridine rings is 1. The number of benzene rings is 1. The molecule has 0 saturated carbocycles. The summed E-state index contributed by atoms with van der Waals surface area (Å²) in [4.78, 5) is 18.6. The molecule has 168 valence electrons. The van der Waals surface area contributed by atoms with E-state index in [1.165, 1.54) is 10.4 Å². The number of halogens is 1. The van der Waals surface area contributed by atoms with Crippen molar-refractivity contribution >= 4 is 27.4 Å². The average molecular weight is 450 g/mol. The lowest BCUT2D eigenvalue weighted by Crippen LogP contribution is -2.48. The molecule has 1 aliphatic rings. The van der Waals surface area contributed by atoms with Gasteiger partial charge in [0.1, 0.15) is 0 Å². The number of carbonyl (C=O) groups is 1.